The smallest absolute Gasteiger partial charge is 0.193 e. The zero-order chi connectivity index (χ0) is 16.5. The van der Waals surface area contributed by atoms with Crippen LogP contribution in [0.3, 0.4) is 0 Å². The Kier molecular flexibility index (Phi) is 10.7. The van der Waals surface area contributed by atoms with E-state index in [2.05, 4.69) is 45.1 Å². The lowest BCUT2D eigenvalue weighted by atomic mass is 10.1. The molecule has 0 bridgehead atoms. The third-order valence-electron chi connectivity index (χ3n) is 3.67. The van der Waals surface area contributed by atoms with Gasteiger partial charge in [-0.25, -0.2) is 4.99 Å². The average Bonchev–Trinajstić information content (AvgIpc) is 3.03. The van der Waals surface area contributed by atoms with Crippen LogP contribution in [0.1, 0.15) is 13.3 Å². The minimum atomic E-state index is 0. The van der Waals surface area contributed by atoms with Gasteiger partial charge < -0.3 is 19.7 Å². The van der Waals surface area contributed by atoms with Gasteiger partial charge in [0.2, 0.25) is 0 Å². The fourth-order valence-electron chi connectivity index (χ4n) is 2.54. The first-order chi connectivity index (χ1) is 11.2. The summed E-state index contributed by atoms with van der Waals surface area (Å²) in [7, 11) is 2.08. The molecule has 0 aliphatic carbocycles. The quantitative estimate of drug-likeness (QED) is 0.264. The second kappa shape index (κ2) is 11.9. The van der Waals surface area contributed by atoms with Gasteiger partial charge >= 0.3 is 0 Å². The lowest BCUT2D eigenvalue weighted by Gasteiger charge is -2.24. The minimum Gasteiger partial charge on any atom is -0.492 e. The summed E-state index contributed by atoms with van der Waals surface area (Å²) < 4.78 is 12.2. The van der Waals surface area contributed by atoms with Gasteiger partial charge in [-0.2, -0.15) is 0 Å². The number of rotatable bonds is 7. The van der Waals surface area contributed by atoms with Crippen molar-refractivity contribution < 1.29 is 9.47 Å². The Bertz CT molecular complexity index is 510. The summed E-state index contributed by atoms with van der Waals surface area (Å²) >= 11 is 3.44. The van der Waals surface area contributed by atoms with Gasteiger partial charge in [0.15, 0.2) is 5.96 Å². The van der Waals surface area contributed by atoms with E-state index in [4.69, 9.17) is 9.47 Å². The molecule has 1 unspecified atom stereocenters. The molecule has 1 aromatic rings. The number of hydrogen-bond acceptors (Lipinski definition) is 3. The van der Waals surface area contributed by atoms with E-state index in [1.54, 1.807) is 0 Å². The first-order valence-electron chi connectivity index (χ1n) is 8.14. The lowest BCUT2D eigenvalue weighted by molar-refractivity contribution is 0.181. The number of halogens is 2. The molecule has 24 heavy (non-hydrogen) atoms. The van der Waals surface area contributed by atoms with Crippen LogP contribution in [0.4, 0.5) is 0 Å². The van der Waals surface area contributed by atoms with Crippen LogP contribution in [-0.4, -0.2) is 57.4 Å². The maximum Gasteiger partial charge on any atom is 0.193 e. The molecule has 2 rings (SSSR count). The molecule has 0 aromatic heterocycles. The number of nitrogens with zero attached hydrogens (tertiary/aromatic N) is 2. The number of hydrogen-bond donors (Lipinski definition) is 1. The van der Waals surface area contributed by atoms with E-state index < -0.39 is 0 Å². The number of ether oxygens (including phenoxy) is 2. The zero-order valence-corrected chi connectivity index (χ0v) is 18.2. The molecule has 7 heteroatoms. The van der Waals surface area contributed by atoms with Gasteiger partial charge in [0.05, 0.1) is 13.2 Å². The van der Waals surface area contributed by atoms with Crippen LogP contribution < -0.4 is 10.1 Å². The van der Waals surface area contributed by atoms with Gasteiger partial charge in [-0.1, -0.05) is 22.0 Å². The van der Waals surface area contributed by atoms with Gasteiger partial charge in [-0.15, -0.1) is 24.0 Å². The number of guanidine groups is 1. The molecule has 1 saturated heterocycles. The minimum absolute atomic E-state index is 0. The normalized spacial score (nSPS) is 17.3. The molecule has 5 nitrogen and oxygen atoms in total. The molecule has 0 spiro atoms. The Balaban J connectivity index is 0.00000288. The van der Waals surface area contributed by atoms with Gasteiger partial charge in [-0.05, 0) is 31.5 Å². The summed E-state index contributed by atoms with van der Waals surface area (Å²) in [5, 5.41) is 3.34. The average molecular weight is 512 g/mol. The van der Waals surface area contributed by atoms with Crippen LogP contribution in [0.5, 0.6) is 5.75 Å². The molecule has 0 saturated carbocycles. The Morgan fingerprint density at radius 2 is 2.33 bits per heavy atom. The molecule has 136 valence electrons. The Labute approximate surface area is 170 Å². The van der Waals surface area contributed by atoms with E-state index in [-0.39, 0.29) is 24.0 Å². The second-order valence-corrected chi connectivity index (χ2v) is 6.57. The molecule has 1 aliphatic rings. The van der Waals surface area contributed by atoms with Gasteiger partial charge in [0.1, 0.15) is 12.4 Å². The summed E-state index contributed by atoms with van der Waals surface area (Å²) in [4.78, 5) is 6.83. The first-order valence-corrected chi connectivity index (χ1v) is 8.94. The van der Waals surface area contributed by atoms with Crippen molar-refractivity contribution in [3.05, 3.63) is 28.7 Å². The standard InChI is InChI=1S/C17H26BrN3O2.HI/c1-3-19-17(21(2)12-14-7-9-22-13-14)20-8-10-23-16-6-4-5-15(18)11-16;/h4-6,11,14H,3,7-10,12-13H2,1-2H3,(H,19,20);1H. The molecule has 0 amide bonds. The molecule has 1 heterocycles. The third-order valence-corrected chi connectivity index (χ3v) is 4.16. The summed E-state index contributed by atoms with van der Waals surface area (Å²) in [6.45, 7) is 6.84. The van der Waals surface area contributed by atoms with Crippen LogP contribution in [0.25, 0.3) is 0 Å². The molecular formula is C17H27BrIN3O2. The topological polar surface area (TPSA) is 46.1 Å². The number of benzene rings is 1. The highest BCUT2D eigenvalue weighted by Gasteiger charge is 2.18. The van der Waals surface area contributed by atoms with Crippen LogP contribution in [0, 0.1) is 5.92 Å². The molecule has 0 radical (unpaired) electrons. The molecule has 1 fully saturated rings. The fraction of sp³-hybridized carbons (Fsp3) is 0.588. The molecule has 1 atom stereocenters. The van der Waals surface area contributed by atoms with Crippen molar-refractivity contribution in [3.63, 3.8) is 0 Å². The van der Waals surface area contributed by atoms with Crippen LogP contribution in [0.15, 0.2) is 33.7 Å². The number of aliphatic imine (C=N–C) groups is 1. The number of nitrogens with one attached hydrogen (secondary N) is 1. The summed E-state index contributed by atoms with van der Waals surface area (Å²) in [6.07, 6.45) is 1.13. The van der Waals surface area contributed by atoms with Crippen molar-refractivity contribution in [3.8, 4) is 5.75 Å². The summed E-state index contributed by atoms with van der Waals surface area (Å²) in [6, 6.07) is 7.85. The van der Waals surface area contributed by atoms with E-state index in [9.17, 15) is 0 Å². The van der Waals surface area contributed by atoms with Crippen molar-refractivity contribution in [1.29, 1.82) is 0 Å². The highest BCUT2D eigenvalue weighted by atomic mass is 127. The van der Waals surface area contributed by atoms with Gasteiger partial charge in [-0.3, -0.25) is 0 Å². The summed E-state index contributed by atoms with van der Waals surface area (Å²) in [5.74, 6) is 2.38. The van der Waals surface area contributed by atoms with Crippen molar-refractivity contribution >= 4 is 45.9 Å². The van der Waals surface area contributed by atoms with Gasteiger partial charge in [0.25, 0.3) is 0 Å². The SMILES string of the molecule is CCNC(=NCCOc1cccc(Br)c1)N(C)CC1CCOC1.I. The molecule has 1 aliphatic heterocycles. The van der Waals surface area contributed by atoms with E-state index in [1.165, 1.54) is 0 Å². The van der Waals surface area contributed by atoms with Crippen molar-refractivity contribution in [2.24, 2.45) is 10.9 Å². The first kappa shape index (κ1) is 21.5. The van der Waals surface area contributed by atoms with E-state index >= 15 is 0 Å². The van der Waals surface area contributed by atoms with Crippen LogP contribution >= 0.6 is 39.9 Å². The lowest BCUT2D eigenvalue weighted by Crippen LogP contribution is -2.41. The molecule has 1 N–H and O–H groups in total. The van der Waals surface area contributed by atoms with E-state index in [0.717, 1.165) is 48.9 Å². The van der Waals surface area contributed by atoms with E-state index in [1.807, 2.05) is 24.3 Å². The monoisotopic (exact) mass is 511 g/mol. The third kappa shape index (κ3) is 7.57. The Morgan fingerprint density at radius 3 is 3.00 bits per heavy atom. The van der Waals surface area contributed by atoms with Gasteiger partial charge in [0, 0.05) is 37.1 Å². The Hall–Kier alpha value is -0.540. The fourth-order valence-corrected chi connectivity index (χ4v) is 2.92. The predicted molar refractivity (Wildman–Crippen MR) is 113 cm³/mol. The van der Waals surface area contributed by atoms with Crippen LogP contribution in [0.2, 0.25) is 0 Å². The van der Waals surface area contributed by atoms with E-state index in [0.29, 0.717) is 19.1 Å². The molecule has 1 aromatic carbocycles. The summed E-state index contributed by atoms with van der Waals surface area (Å²) in [5.41, 5.74) is 0. The zero-order valence-electron chi connectivity index (χ0n) is 14.3. The largest absolute Gasteiger partial charge is 0.492 e. The maximum atomic E-state index is 5.73. The molecular weight excluding hydrogens is 485 g/mol. The van der Waals surface area contributed by atoms with Crippen molar-refractivity contribution in [2.45, 2.75) is 13.3 Å². The predicted octanol–water partition coefficient (Wildman–Crippen LogP) is 3.38. The second-order valence-electron chi connectivity index (χ2n) is 5.65. The highest BCUT2D eigenvalue weighted by Crippen LogP contribution is 2.17. The highest BCUT2D eigenvalue weighted by molar-refractivity contribution is 14.0. The van der Waals surface area contributed by atoms with Crippen molar-refractivity contribution in [2.75, 3.05) is 46.5 Å². The Morgan fingerprint density at radius 1 is 1.50 bits per heavy atom. The van der Waals surface area contributed by atoms with Crippen LogP contribution in [-0.2, 0) is 4.74 Å². The van der Waals surface area contributed by atoms with Crippen molar-refractivity contribution in [1.82, 2.24) is 10.2 Å². The maximum absolute atomic E-state index is 5.73.